The zero-order chi connectivity index (χ0) is 14.4. The number of esters is 1. The molecule has 1 aromatic carbocycles. The lowest BCUT2D eigenvalue weighted by Crippen LogP contribution is -2.13. The molecule has 0 amide bonds. The average molecular weight is 287 g/mol. The second-order valence-electron chi connectivity index (χ2n) is 3.23. The molecular formula is C12H11ClO6. The van der Waals surface area contributed by atoms with E-state index >= 15 is 0 Å². The molecule has 6 nitrogen and oxygen atoms in total. The number of carbonyl (C=O) groups is 2. The van der Waals surface area contributed by atoms with Crippen molar-refractivity contribution in [2.24, 2.45) is 0 Å². The average Bonchev–Trinajstić information content (AvgIpc) is 2.37. The molecular weight excluding hydrogens is 276 g/mol. The SMILES string of the molecule is COC=C(Oc1cccc(Cl)c1C(=O)O)C(=O)OC. The number of carboxylic acid groups (broad SMARTS) is 1. The summed E-state index contributed by atoms with van der Waals surface area (Å²) in [5, 5.41) is 9.05. The van der Waals surface area contributed by atoms with Crippen molar-refractivity contribution in [1.29, 1.82) is 0 Å². The molecule has 7 heteroatoms. The van der Waals surface area contributed by atoms with E-state index < -0.39 is 11.9 Å². The molecule has 102 valence electrons. The van der Waals surface area contributed by atoms with Gasteiger partial charge in [0.25, 0.3) is 0 Å². The number of hydrogen-bond acceptors (Lipinski definition) is 5. The maximum atomic E-state index is 11.4. The summed E-state index contributed by atoms with van der Waals surface area (Å²) >= 11 is 5.77. The van der Waals surface area contributed by atoms with E-state index in [4.69, 9.17) is 21.4 Å². The third kappa shape index (κ3) is 3.62. The largest absolute Gasteiger partial charge is 0.500 e. The lowest BCUT2D eigenvalue weighted by atomic mass is 10.2. The minimum Gasteiger partial charge on any atom is -0.500 e. The van der Waals surface area contributed by atoms with Crippen LogP contribution in [0.5, 0.6) is 5.75 Å². The topological polar surface area (TPSA) is 82.1 Å². The monoisotopic (exact) mass is 286 g/mol. The highest BCUT2D eigenvalue weighted by Gasteiger charge is 2.20. The molecule has 0 bridgehead atoms. The molecule has 0 aliphatic rings. The Morgan fingerprint density at radius 1 is 1.32 bits per heavy atom. The molecule has 19 heavy (non-hydrogen) atoms. The summed E-state index contributed by atoms with van der Waals surface area (Å²) in [4.78, 5) is 22.5. The Balaban J connectivity index is 3.17. The van der Waals surface area contributed by atoms with Crippen molar-refractivity contribution in [3.63, 3.8) is 0 Å². The molecule has 0 aromatic heterocycles. The smallest absolute Gasteiger partial charge is 0.377 e. The summed E-state index contributed by atoms with van der Waals surface area (Å²) < 4.78 is 14.3. The van der Waals surface area contributed by atoms with Crippen molar-refractivity contribution in [1.82, 2.24) is 0 Å². The molecule has 0 saturated heterocycles. The van der Waals surface area contributed by atoms with Crippen LogP contribution < -0.4 is 4.74 Å². The quantitative estimate of drug-likeness (QED) is 0.507. The van der Waals surface area contributed by atoms with Gasteiger partial charge in [0, 0.05) is 0 Å². The van der Waals surface area contributed by atoms with Crippen molar-refractivity contribution in [3.05, 3.63) is 40.8 Å². The molecule has 1 aromatic rings. The maximum absolute atomic E-state index is 11.4. The van der Waals surface area contributed by atoms with Crippen molar-refractivity contribution in [3.8, 4) is 5.75 Å². The van der Waals surface area contributed by atoms with E-state index in [2.05, 4.69) is 9.47 Å². The van der Waals surface area contributed by atoms with Crippen LogP contribution >= 0.6 is 11.6 Å². The summed E-state index contributed by atoms with van der Waals surface area (Å²) in [7, 11) is 2.47. The number of halogens is 1. The van der Waals surface area contributed by atoms with Crippen LogP contribution in [0.25, 0.3) is 0 Å². The molecule has 0 heterocycles. The zero-order valence-corrected chi connectivity index (χ0v) is 10.9. The van der Waals surface area contributed by atoms with E-state index in [-0.39, 0.29) is 22.1 Å². The van der Waals surface area contributed by atoms with Crippen LogP contribution in [0.4, 0.5) is 0 Å². The summed E-state index contributed by atoms with van der Waals surface area (Å²) in [6.07, 6.45) is 0.998. The van der Waals surface area contributed by atoms with Crippen LogP contribution in [0.15, 0.2) is 30.2 Å². The van der Waals surface area contributed by atoms with Crippen LogP contribution in [-0.2, 0) is 14.3 Å². The molecule has 0 saturated carbocycles. The van der Waals surface area contributed by atoms with Crippen LogP contribution in [0.3, 0.4) is 0 Å². The molecule has 1 rings (SSSR count). The standard InChI is InChI=1S/C12H11ClO6/c1-17-6-9(12(16)18-2)19-8-5-3-4-7(13)10(8)11(14)15/h3-6H,1-2H3,(H,14,15). The van der Waals surface area contributed by atoms with Gasteiger partial charge >= 0.3 is 11.9 Å². The fourth-order valence-electron chi connectivity index (χ4n) is 1.24. The van der Waals surface area contributed by atoms with Crippen LogP contribution in [0, 0.1) is 0 Å². The van der Waals surface area contributed by atoms with Gasteiger partial charge in [-0.25, -0.2) is 9.59 Å². The van der Waals surface area contributed by atoms with Crippen LogP contribution in [0.1, 0.15) is 10.4 Å². The Morgan fingerprint density at radius 2 is 2.00 bits per heavy atom. The van der Waals surface area contributed by atoms with Crippen molar-refractivity contribution >= 4 is 23.5 Å². The first-order valence-corrected chi connectivity index (χ1v) is 5.40. The Bertz CT molecular complexity index is 523. The number of aromatic carboxylic acids is 1. The number of hydrogen-bond donors (Lipinski definition) is 1. The Labute approximate surface area is 114 Å². The zero-order valence-electron chi connectivity index (χ0n) is 10.2. The molecule has 0 fully saturated rings. The van der Waals surface area contributed by atoms with Gasteiger partial charge < -0.3 is 19.3 Å². The van der Waals surface area contributed by atoms with Crippen molar-refractivity contribution in [2.45, 2.75) is 0 Å². The first-order chi connectivity index (χ1) is 9.01. The van der Waals surface area contributed by atoms with Crippen molar-refractivity contribution in [2.75, 3.05) is 14.2 Å². The molecule has 1 N–H and O–H groups in total. The van der Waals surface area contributed by atoms with Gasteiger partial charge in [-0.3, -0.25) is 0 Å². The van der Waals surface area contributed by atoms with E-state index in [0.717, 1.165) is 13.4 Å². The predicted octanol–water partition coefficient (Wildman–Crippen LogP) is 2.08. The van der Waals surface area contributed by atoms with Crippen LogP contribution in [-0.4, -0.2) is 31.3 Å². The van der Waals surface area contributed by atoms with Crippen LogP contribution in [0.2, 0.25) is 5.02 Å². The summed E-state index contributed by atoms with van der Waals surface area (Å²) in [5.74, 6) is -2.47. The van der Waals surface area contributed by atoms with Gasteiger partial charge in [0.05, 0.1) is 19.2 Å². The summed E-state index contributed by atoms with van der Waals surface area (Å²) in [6.45, 7) is 0. The minimum atomic E-state index is -1.28. The normalized spacial score (nSPS) is 10.8. The lowest BCUT2D eigenvalue weighted by molar-refractivity contribution is -0.138. The highest BCUT2D eigenvalue weighted by molar-refractivity contribution is 6.33. The fraction of sp³-hybridized carbons (Fsp3) is 0.167. The Morgan fingerprint density at radius 3 is 2.53 bits per heavy atom. The van der Waals surface area contributed by atoms with E-state index in [1.165, 1.54) is 25.3 Å². The second-order valence-corrected chi connectivity index (χ2v) is 3.64. The van der Waals surface area contributed by atoms with Gasteiger partial charge in [0.1, 0.15) is 17.6 Å². The van der Waals surface area contributed by atoms with Gasteiger partial charge in [0.2, 0.25) is 5.76 Å². The van der Waals surface area contributed by atoms with E-state index in [0.29, 0.717) is 0 Å². The third-order valence-corrected chi connectivity index (χ3v) is 2.34. The molecule has 0 atom stereocenters. The number of methoxy groups -OCH3 is 2. The van der Waals surface area contributed by atoms with E-state index in [1.54, 1.807) is 0 Å². The minimum absolute atomic E-state index is 0.00775. The van der Waals surface area contributed by atoms with E-state index in [9.17, 15) is 9.59 Å². The van der Waals surface area contributed by atoms with Gasteiger partial charge in [-0.05, 0) is 12.1 Å². The number of carboxylic acids is 1. The highest BCUT2D eigenvalue weighted by atomic mass is 35.5. The van der Waals surface area contributed by atoms with E-state index in [1.807, 2.05) is 0 Å². The van der Waals surface area contributed by atoms with Gasteiger partial charge in [-0.1, -0.05) is 17.7 Å². The maximum Gasteiger partial charge on any atom is 0.377 e. The second kappa shape index (κ2) is 6.65. The number of ether oxygens (including phenoxy) is 3. The summed E-state index contributed by atoms with van der Waals surface area (Å²) in [6, 6.07) is 4.25. The highest BCUT2D eigenvalue weighted by Crippen LogP contribution is 2.28. The lowest BCUT2D eigenvalue weighted by Gasteiger charge is -2.11. The number of rotatable bonds is 5. The molecule has 0 aliphatic heterocycles. The third-order valence-electron chi connectivity index (χ3n) is 2.02. The molecule has 0 spiro atoms. The summed E-state index contributed by atoms with van der Waals surface area (Å²) in [5.41, 5.74) is -0.255. The molecule has 0 unspecified atom stereocenters. The fourth-order valence-corrected chi connectivity index (χ4v) is 1.48. The number of carbonyl (C=O) groups excluding carboxylic acids is 1. The Kier molecular flexibility index (Phi) is 5.20. The Hall–Kier alpha value is -2.21. The first-order valence-electron chi connectivity index (χ1n) is 5.02. The first kappa shape index (κ1) is 14.8. The van der Waals surface area contributed by atoms with Crippen molar-refractivity contribution < 1.29 is 28.9 Å². The van der Waals surface area contributed by atoms with Gasteiger partial charge in [-0.15, -0.1) is 0 Å². The molecule has 0 radical (unpaired) electrons. The van der Waals surface area contributed by atoms with Gasteiger partial charge in [-0.2, -0.15) is 0 Å². The van der Waals surface area contributed by atoms with Gasteiger partial charge in [0.15, 0.2) is 0 Å². The number of benzene rings is 1. The molecule has 0 aliphatic carbocycles. The predicted molar refractivity (Wildman–Crippen MR) is 66.1 cm³/mol.